The molecule has 8 heteroatoms. The van der Waals surface area contributed by atoms with E-state index in [4.69, 9.17) is 16.9 Å². The second-order valence-electron chi connectivity index (χ2n) is 3.08. The normalized spacial score (nSPS) is 11.3. The molecule has 1 N–H and O–H groups in total. The summed E-state index contributed by atoms with van der Waals surface area (Å²) in [6.45, 7) is 0.206. The number of hydrogen-bond donors (Lipinski definition) is 1. The molecule has 0 unspecified atom stereocenters. The van der Waals surface area contributed by atoms with E-state index < -0.39 is 10.0 Å². The lowest BCUT2D eigenvalue weighted by Gasteiger charge is -2.06. The predicted molar refractivity (Wildman–Crippen MR) is 58.3 cm³/mol. The van der Waals surface area contributed by atoms with Crippen molar-refractivity contribution in [1.82, 2.24) is 14.5 Å². The first kappa shape index (κ1) is 13.0. The van der Waals surface area contributed by atoms with Gasteiger partial charge in [0.1, 0.15) is 0 Å². The number of nitrogens with one attached hydrogen (secondary N) is 1. The molecule has 0 radical (unpaired) electrons. The minimum Gasteiger partial charge on any atom is -0.255 e. The molecule has 0 saturated heterocycles. The average molecular weight is 263 g/mol. The summed E-state index contributed by atoms with van der Waals surface area (Å²) in [6.07, 6.45) is 2.04. The van der Waals surface area contributed by atoms with E-state index in [9.17, 15) is 8.42 Å². The van der Waals surface area contributed by atoms with Crippen LogP contribution in [0.2, 0.25) is 5.02 Å². The first-order valence-corrected chi connectivity index (χ1v) is 6.39. The molecular formula is C8H11ClN4O2S. The van der Waals surface area contributed by atoms with Gasteiger partial charge < -0.3 is 0 Å². The molecule has 0 aromatic carbocycles. The molecule has 0 amide bonds. The molecule has 0 atom stereocenters. The van der Waals surface area contributed by atoms with Gasteiger partial charge in [0, 0.05) is 20.0 Å². The highest BCUT2D eigenvalue weighted by atomic mass is 35.5. The summed E-state index contributed by atoms with van der Waals surface area (Å²) in [5, 5.41) is 12.1. The van der Waals surface area contributed by atoms with Crippen LogP contribution in [0.1, 0.15) is 12.8 Å². The minimum absolute atomic E-state index is 0.0638. The van der Waals surface area contributed by atoms with Crippen LogP contribution in [0, 0.1) is 11.3 Å². The third-order valence-corrected chi connectivity index (χ3v) is 3.82. The number of halogens is 1. The van der Waals surface area contributed by atoms with E-state index in [1.165, 1.54) is 17.9 Å². The van der Waals surface area contributed by atoms with Crippen molar-refractivity contribution in [3.05, 3.63) is 11.2 Å². The van der Waals surface area contributed by atoms with Crippen molar-refractivity contribution in [2.24, 2.45) is 7.05 Å². The quantitative estimate of drug-likeness (QED) is 0.790. The Morgan fingerprint density at radius 2 is 2.38 bits per heavy atom. The second kappa shape index (κ2) is 5.30. The Kier molecular flexibility index (Phi) is 4.29. The third-order valence-electron chi connectivity index (χ3n) is 1.85. The van der Waals surface area contributed by atoms with E-state index in [1.807, 2.05) is 6.07 Å². The van der Waals surface area contributed by atoms with Crippen LogP contribution in [0.25, 0.3) is 0 Å². The van der Waals surface area contributed by atoms with E-state index in [0.717, 1.165) is 0 Å². The number of unbranched alkanes of at least 4 members (excludes halogenated alkanes) is 1. The summed E-state index contributed by atoms with van der Waals surface area (Å²) in [7, 11) is -2.15. The lowest BCUT2D eigenvalue weighted by molar-refractivity contribution is 0.561. The van der Waals surface area contributed by atoms with Crippen LogP contribution in [0.3, 0.4) is 0 Å². The topological polar surface area (TPSA) is 87.8 Å². The standard InChI is InChI=1S/C8H11ClN4O2S/c1-13-8(7(9)6-11-13)16(14,15)12-5-3-2-4-10/h6,12H,2-3,5H2,1H3. The van der Waals surface area contributed by atoms with Gasteiger partial charge in [-0.2, -0.15) is 10.4 Å². The average Bonchev–Trinajstić information content (AvgIpc) is 2.54. The first-order chi connectivity index (χ1) is 7.49. The monoisotopic (exact) mass is 262 g/mol. The Bertz CT molecular complexity index is 483. The van der Waals surface area contributed by atoms with Crippen molar-refractivity contribution in [1.29, 1.82) is 5.26 Å². The molecule has 1 aromatic heterocycles. The van der Waals surface area contributed by atoms with Crippen LogP contribution in [0.15, 0.2) is 11.2 Å². The maximum atomic E-state index is 11.8. The van der Waals surface area contributed by atoms with E-state index in [2.05, 4.69) is 9.82 Å². The van der Waals surface area contributed by atoms with Crippen molar-refractivity contribution < 1.29 is 8.42 Å². The van der Waals surface area contributed by atoms with Gasteiger partial charge in [0.15, 0.2) is 5.03 Å². The Labute approximate surface area is 98.9 Å². The van der Waals surface area contributed by atoms with Crippen molar-refractivity contribution in [2.45, 2.75) is 17.9 Å². The van der Waals surface area contributed by atoms with Crippen LogP contribution in [-0.4, -0.2) is 24.7 Å². The molecule has 0 aliphatic heterocycles. The molecule has 0 saturated carbocycles. The summed E-state index contributed by atoms with van der Waals surface area (Å²) in [4.78, 5) is 0. The van der Waals surface area contributed by atoms with E-state index in [1.54, 1.807) is 0 Å². The Morgan fingerprint density at radius 1 is 1.69 bits per heavy atom. The summed E-state index contributed by atoms with van der Waals surface area (Å²) in [5.41, 5.74) is 0. The fourth-order valence-electron chi connectivity index (χ4n) is 1.14. The lowest BCUT2D eigenvalue weighted by Crippen LogP contribution is -2.27. The number of aromatic nitrogens is 2. The van der Waals surface area contributed by atoms with E-state index >= 15 is 0 Å². The maximum absolute atomic E-state index is 11.8. The van der Waals surface area contributed by atoms with Gasteiger partial charge in [0.2, 0.25) is 0 Å². The van der Waals surface area contributed by atoms with E-state index in [-0.39, 0.29) is 16.6 Å². The largest absolute Gasteiger partial charge is 0.259 e. The molecule has 0 bridgehead atoms. The molecule has 6 nitrogen and oxygen atoms in total. The number of sulfonamides is 1. The van der Waals surface area contributed by atoms with Crippen LogP contribution >= 0.6 is 11.6 Å². The fraction of sp³-hybridized carbons (Fsp3) is 0.500. The Hall–Kier alpha value is -1.10. The highest BCUT2D eigenvalue weighted by molar-refractivity contribution is 7.89. The smallest absolute Gasteiger partial charge is 0.255 e. The van der Waals surface area contributed by atoms with Gasteiger partial charge in [-0.3, -0.25) is 4.68 Å². The second-order valence-corrected chi connectivity index (χ2v) is 5.17. The zero-order valence-electron chi connectivity index (χ0n) is 8.64. The molecule has 0 spiro atoms. The van der Waals surface area contributed by atoms with Gasteiger partial charge in [-0.25, -0.2) is 13.1 Å². The van der Waals surface area contributed by atoms with Gasteiger partial charge >= 0.3 is 0 Å². The SMILES string of the molecule is Cn1ncc(Cl)c1S(=O)(=O)NCCCC#N. The molecule has 1 heterocycles. The van der Waals surface area contributed by atoms with Crippen LogP contribution in [0.5, 0.6) is 0 Å². The van der Waals surface area contributed by atoms with Crippen molar-refractivity contribution in [2.75, 3.05) is 6.54 Å². The minimum atomic E-state index is -3.65. The molecular weight excluding hydrogens is 252 g/mol. The summed E-state index contributed by atoms with van der Waals surface area (Å²) < 4.78 is 27.1. The van der Waals surface area contributed by atoms with E-state index in [0.29, 0.717) is 12.8 Å². The summed E-state index contributed by atoms with van der Waals surface area (Å²) in [6, 6.07) is 1.93. The molecule has 88 valence electrons. The summed E-state index contributed by atoms with van der Waals surface area (Å²) in [5.74, 6) is 0. The summed E-state index contributed by atoms with van der Waals surface area (Å²) >= 11 is 5.71. The molecule has 1 rings (SSSR count). The van der Waals surface area contributed by atoms with Crippen molar-refractivity contribution in [3.63, 3.8) is 0 Å². The zero-order valence-corrected chi connectivity index (χ0v) is 10.2. The van der Waals surface area contributed by atoms with Gasteiger partial charge in [-0.1, -0.05) is 11.6 Å². The van der Waals surface area contributed by atoms with Gasteiger partial charge in [0.25, 0.3) is 10.0 Å². The number of rotatable bonds is 5. The van der Waals surface area contributed by atoms with Gasteiger partial charge in [-0.05, 0) is 6.42 Å². The number of hydrogen-bond acceptors (Lipinski definition) is 4. The van der Waals surface area contributed by atoms with Crippen LogP contribution in [-0.2, 0) is 17.1 Å². The Morgan fingerprint density at radius 3 is 2.88 bits per heavy atom. The van der Waals surface area contributed by atoms with Crippen LogP contribution in [0.4, 0.5) is 0 Å². The molecule has 0 aliphatic carbocycles. The third kappa shape index (κ3) is 2.95. The molecule has 0 fully saturated rings. The highest BCUT2D eigenvalue weighted by Crippen LogP contribution is 2.19. The number of nitriles is 1. The van der Waals surface area contributed by atoms with Crippen molar-refractivity contribution >= 4 is 21.6 Å². The fourth-order valence-corrected chi connectivity index (χ4v) is 2.87. The highest BCUT2D eigenvalue weighted by Gasteiger charge is 2.21. The molecule has 0 aliphatic rings. The van der Waals surface area contributed by atoms with Gasteiger partial charge in [0.05, 0.1) is 17.3 Å². The maximum Gasteiger partial charge on any atom is 0.259 e. The molecule has 16 heavy (non-hydrogen) atoms. The number of nitrogens with zero attached hydrogens (tertiary/aromatic N) is 3. The lowest BCUT2D eigenvalue weighted by atomic mass is 10.3. The zero-order chi connectivity index (χ0) is 12.2. The Balaban J connectivity index is 2.76. The predicted octanol–water partition coefficient (Wildman–Crippen LogP) is 0.656. The van der Waals surface area contributed by atoms with Gasteiger partial charge in [-0.15, -0.1) is 0 Å². The molecule has 1 aromatic rings. The first-order valence-electron chi connectivity index (χ1n) is 4.53. The van der Waals surface area contributed by atoms with Crippen LogP contribution < -0.4 is 4.72 Å². The number of aryl methyl sites for hydroxylation is 1. The van der Waals surface area contributed by atoms with Crippen molar-refractivity contribution in [3.8, 4) is 6.07 Å².